The number of Topliss-reactive ketones (excluding diaryl/α,β-unsaturated/α-hetero) is 1. The second kappa shape index (κ2) is 6.71. The normalized spacial score (nSPS) is 9.94. The largest absolute Gasteiger partial charge is 0.364 e. The Kier molecular flexibility index (Phi) is 5.56. The first-order chi connectivity index (χ1) is 8.41. The van der Waals surface area contributed by atoms with E-state index in [4.69, 9.17) is 12.2 Å². The molecule has 18 heavy (non-hydrogen) atoms. The molecule has 0 atom stereocenters. The highest BCUT2D eigenvalue weighted by molar-refractivity contribution is 8.23. The van der Waals surface area contributed by atoms with Crippen molar-refractivity contribution < 1.29 is 4.79 Å². The Bertz CT molecular complexity index is 480. The summed E-state index contributed by atoms with van der Waals surface area (Å²) < 4.78 is 0.758. The van der Waals surface area contributed by atoms with Crippen LogP contribution in [-0.4, -0.2) is 34.9 Å². The Morgan fingerprint density at radius 1 is 1.44 bits per heavy atom. The molecule has 0 radical (unpaired) electrons. The van der Waals surface area contributed by atoms with Gasteiger partial charge in [0.15, 0.2) is 5.78 Å². The molecule has 0 aliphatic rings. The molecule has 0 bridgehead atoms. The maximum atomic E-state index is 12.1. The molecule has 1 aromatic carbocycles. The molecule has 0 aliphatic carbocycles. The lowest BCUT2D eigenvalue weighted by molar-refractivity contribution is 0.103. The van der Waals surface area contributed by atoms with Crippen molar-refractivity contribution >= 4 is 34.1 Å². The minimum absolute atomic E-state index is 0.00671. The summed E-state index contributed by atoms with van der Waals surface area (Å²) >= 11 is 6.61. The van der Waals surface area contributed by atoms with Crippen molar-refractivity contribution in [3.8, 4) is 0 Å². The van der Waals surface area contributed by atoms with Crippen molar-refractivity contribution in [2.45, 2.75) is 6.92 Å². The Morgan fingerprint density at radius 3 is 2.67 bits per heavy atom. The number of thioether (sulfide) groups is 1. The van der Waals surface area contributed by atoms with Crippen LogP contribution in [0.2, 0.25) is 0 Å². The summed E-state index contributed by atoms with van der Waals surface area (Å²) in [6.45, 7) is 5.81. The first-order valence-corrected chi connectivity index (χ1v) is 6.94. The van der Waals surface area contributed by atoms with Gasteiger partial charge in [-0.15, -0.1) is 0 Å². The molecule has 0 spiro atoms. The molecular formula is C14H17NOS2. The lowest BCUT2D eigenvalue weighted by Gasteiger charge is -2.13. The van der Waals surface area contributed by atoms with Crippen LogP contribution >= 0.6 is 24.0 Å². The fraction of sp³-hybridized carbons (Fsp3) is 0.286. The molecule has 0 aromatic heterocycles. The first kappa shape index (κ1) is 14.9. The van der Waals surface area contributed by atoms with E-state index in [9.17, 15) is 4.79 Å². The quantitative estimate of drug-likeness (QED) is 0.478. The molecule has 0 unspecified atom stereocenters. The summed E-state index contributed by atoms with van der Waals surface area (Å²) in [7, 11) is 3.78. The maximum absolute atomic E-state index is 12.1. The summed E-state index contributed by atoms with van der Waals surface area (Å²) in [5.41, 5.74) is 2.34. The molecule has 0 heterocycles. The molecule has 1 aromatic rings. The third-order valence-corrected chi connectivity index (χ3v) is 4.16. The number of hydrogen-bond donors (Lipinski definition) is 0. The highest BCUT2D eigenvalue weighted by Gasteiger charge is 2.11. The topological polar surface area (TPSA) is 20.3 Å². The Morgan fingerprint density at radius 2 is 2.11 bits per heavy atom. The van der Waals surface area contributed by atoms with Crippen molar-refractivity contribution in [2.75, 3.05) is 19.8 Å². The van der Waals surface area contributed by atoms with Crippen molar-refractivity contribution in [1.82, 2.24) is 4.90 Å². The van der Waals surface area contributed by atoms with Crippen molar-refractivity contribution in [1.29, 1.82) is 0 Å². The molecule has 0 fully saturated rings. The third-order valence-electron chi connectivity index (χ3n) is 2.34. The van der Waals surface area contributed by atoms with Gasteiger partial charge in [0, 0.05) is 31.0 Å². The molecule has 96 valence electrons. The SMILES string of the molecule is C=C(CSC(=S)N(C)C)C(=O)c1cccc(C)c1. The number of thiocarbonyl (C=S) groups is 1. The van der Waals surface area contributed by atoms with E-state index < -0.39 is 0 Å². The van der Waals surface area contributed by atoms with Crippen molar-refractivity contribution in [3.63, 3.8) is 0 Å². The van der Waals surface area contributed by atoms with Gasteiger partial charge in [-0.2, -0.15) is 0 Å². The van der Waals surface area contributed by atoms with Crippen LogP contribution in [0.3, 0.4) is 0 Å². The first-order valence-electron chi connectivity index (χ1n) is 5.55. The fourth-order valence-corrected chi connectivity index (χ4v) is 2.20. The molecule has 0 saturated carbocycles. The Balaban J connectivity index is 2.63. The van der Waals surface area contributed by atoms with E-state index >= 15 is 0 Å². The molecule has 4 heteroatoms. The van der Waals surface area contributed by atoms with Crippen LogP contribution in [0.25, 0.3) is 0 Å². The van der Waals surface area contributed by atoms with Crippen LogP contribution < -0.4 is 0 Å². The van der Waals surface area contributed by atoms with E-state index in [0.717, 1.165) is 9.88 Å². The zero-order valence-corrected chi connectivity index (χ0v) is 12.5. The standard InChI is InChI=1S/C14H17NOS2/c1-10-6-5-7-12(8-10)13(16)11(2)9-18-14(17)15(3)4/h5-8H,2,9H2,1,3-4H3. The van der Waals surface area contributed by atoms with E-state index in [2.05, 4.69) is 6.58 Å². The minimum atomic E-state index is -0.00671. The Labute approximate surface area is 118 Å². The minimum Gasteiger partial charge on any atom is -0.364 e. The summed E-state index contributed by atoms with van der Waals surface area (Å²) in [6.07, 6.45) is 0. The van der Waals surface area contributed by atoms with Gasteiger partial charge in [0.25, 0.3) is 0 Å². The number of aryl methyl sites for hydroxylation is 1. The fourth-order valence-electron chi connectivity index (χ4n) is 1.33. The average molecular weight is 279 g/mol. The van der Waals surface area contributed by atoms with E-state index in [1.807, 2.05) is 50.2 Å². The highest BCUT2D eigenvalue weighted by atomic mass is 32.2. The molecular weight excluding hydrogens is 262 g/mol. The van der Waals surface area contributed by atoms with Crippen LogP contribution in [0.1, 0.15) is 15.9 Å². The Hall–Kier alpha value is -1.13. The number of ketones is 1. The van der Waals surface area contributed by atoms with Gasteiger partial charge in [0.05, 0.1) is 0 Å². The predicted octanol–water partition coefficient (Wildman–Crippen LogP) is 3.31. The number of carbonyl (C=O) groups excluding carboxylic acids is 1. The van der Waals surface area contributed by atoms with E-state index in [0.29, 0.717) is 16.9 Å². The lowest BCUT2D eigenvalue weighted by Crippen LogP contribution is -2.17. The molecule has 1 rings (SSSR count). The zero-order valence-electron chi connectivity index (χ0n) is 10.9. The summed E-state index contributed by atoms with van der Waals surface area (Å²) in [4.78, 5) is 14.0. The highest BCUT2D eigenvalue weighted by Crippen LogP contribution is 2.15. The van der Waals surface area contributed by atoms with Gasteiger partial charge in [-0.3, -0.25) is 4.79 Å². The van der Waals surface area contributed by atoms with Crippen LogP contribution in [0.5, 0.6) is 0 Å². The molecule has 2 nitrogen and oxygen atoms in total. The molecule has 0 aliphatic heterocycles. The number of carbonyl (C=O) groups is 1. The number of rotatable bonds is 4. The van der Waals surface area contributed by atoms with E-state index in [-0.39, 0.29) is 5.78 Å². The smallest absolute Gasteiger partial charge is 0.189 e. The average Bonchev–Trinajstić information content (AvgIpc) is 2.34. The number of hydrogen-bond acceptors (Lipinski definition) is 3. The van der Waals surface area contributed by atoms with Gasteiger partial charge in [-0.05, 0) is 13.0 Å². The summed E-state index contributed by atoms with van der Waals surface area (Å²) in [6, 6.07) is 7.54. The zero-order chi connectivity index (χ0) is 13.7. The van der Waals surface area contributed by atoms with Crippen molar-refractivity contribution in [3.05, 3.63) is 47.5 Å². The van der Waals surface area contributed by atoms with Gasteiger partial charge >= 0.3 is 0 Å². The van der Waals surface area contributed by atoms with Crippen LogP contribution in [0, 0.1) is 6.92 Å². The second-order valence-corrected chi connectivity index (χ2v) is 5.86. The number of benzene rings is 1. The monoisotopic (exact) mass is 279 g/mol. The van der Waals surface area contributed by atoms with Gasteiger partial charge in [0.1, 0.15) is 4.32 Å². The third kappa shape index (κ3) is 4.27. The second-order valence-electron chi connectivity index (χ2n) is 4.25. The molecule has 0 N–H and O–H groups in total. The van der Waals surface area contributed by atoms with Gasteiger partial charge in [-0.1, -0.05) is 54.3 Å². The van der Waals surface area contributed by atoms with Gasteiger partial charge < -0.3 is 4.90 Å². The van der Waals surface area contributed by atoms with Crippen LogP contribution in [0.15, 0.2) is 36.4 Å². The van der Waals surface area contributed by atoms with E-state index in [1.54, 1.807) is 0 Å². The van der Waals surface area contributed by atoms with E-state index in [1.165, 1.54) is 11.8 Å². The predicted molar refractivity (Wildman–Crippen MR) is 83.4 cm³/mol. The summed E-state index contributed by atoms with van der Waals surface area (Å²) in [5, 5.41) is 0. The van der Waals surface area contributed by atoms with Gasteiger partial charge in [0.2, 0.25) is 0 Å². The van der Waals surface area contributed by atoms with Crippen LogP contribution in [0.4, 0.5) is 0 Å². The van der Waals surface area contributed by atoms with Gasteiger partial charge in [-0.25, -0.2) is 0 Å². The summed E-state index contributed by atoms with van der Waals surface area (Å²) in [5.74, 6) is 0.525. The maximum Gasteiger partial charge on any atom is 0.189 e. The lowest BCUT2D eigenvalue weighted by atomic mass is 10.0. The van der Waals surface area contributed by atoms with Crippen molar-refractivity contribution in [2.24, 2.45) is 0 Å². The molecule has 0 saturated heterocycles. The van der Waals surface area contributed by atoms with Crippen LogP contribution in [-0.2, 0) is 0 Å². The molecule has 0 amide bonds. The number of nitrogens with zero attached hydrogens (tertiary/aromatic N) is 1.